The van der Waals surface area contributed by atoms with Crippen molar-refractivity contribution in [2.75, 3.05) is 18.6 Å². The first-order valence-electron chi connectivity index (χ1n) is 8.69. The zero-order valence-corrected chi connectivity index (χ0v) is 17.2. The summed E-state index contributed by atoms with van der Waals surface area (Å²) < 4.78 is 10.5. The number of anilines is 2. The molecule has 0 N–H and O–H groups in total. The van der Waals surface area contributed by atoms with Gasteiger partial charge in [0.05, 0.1) is 12.1 Å². The van der Waals surface area contributed by atoms with Crippen LogP contribution < -0.4 is 9.64 Å². The maximum absolute atomic E-state index is 11.7. The van der Waals surface area contributed by atoms with Gasteiger partial charge in [-0.15, -0.1) is 0 Å². The molecule has 3 rings (SSSR count). The number of carbonyl (C=O) groups excluding carboxylic acids is 1. The summed E-state index contributed by atoms with van der Waals surface area (Å²) >= 11 is 12.3. The molecule has 8 heteroatoms. The van der Waals surface area contributed by atoms with E-state index in [1.165, 1.54) is 0 Å². The lowest BCUT2D eigenvalue weighted by atomic mass is 10.2. The zero-order valence-electron chi connectivity index (χ0n) is 15.6. The molecule has 0 saturated carbocycles. The van der Waals surface area contributed by atoms with Crippen molar-refractivity contribution in [3.05, 3.63) is 52.6 Å². The lowest BCUT2D eigenvalue weighted by Gasteiger charge is -2.19. The Morgan fingerprint density at radius 2 is 1.86 bits per heavy atom. The monoisotopic (exact) mass is 419 g/mol. The van der Waals surface area contributed by atoms with Crippen molar-refractivity contribution in [3.63, 3.8) is 0 Å². The van der Waals surface area contributed by atoms with Crippen LogP contribution >= 0.6 is 23.2 Å². The summed E-state index contributed by atoms with van der Waals surface area (Å²) in [5.74, 6) is 0.612. The number of hydrogen-bond acceptors (Lipinski definition) is 6. The molecule has 0 bridgehead atoms. The van der Waals surface area contributed by atoms with Crippen LogP contribution in [0, 0.1) is 0 Å². The van der Waals surface area contributed by atoms with Gasteiger partial charge in [-0.05, 0) is 56.3 Å². The van der Waals surface area contributed by atoms with Crippen LogP contribution in [0.2, 0.25) is 10.2 Å². The molecule has 3 aromatic rings. The van der Waals surface area contributed by atoms with Gasteiger partial charge in [0.1, 0.15) is 10.9 Å². The molecule has 0 fully saturated rings. The van der Waals surface area contributed by atoms with Crippen LogP contribution in [0.25, 0.3) is 10.9 Å². The minimum absolute atomic E-state index is 0.316. The van der Waals surface area contributed by atoms with Crippen LogP contribution in [-0.4, -0.2) is 35.7 Å². The highest BCUT2D eigenvalue weighted by Gasteiger charge is 2.16. The van der Waals surface area contributed by atoms with Gasteiger partial charge in [-0.2, -0.15) is 4.98 Å². The number of ether oxygens (including phenoxy) is 2. The molecule has 146 valence electrons. The molecule has 0 aliphatic heterocycles. The molecule has 2 aromatic carbocycles. The van der Waals surface area contributed by atoms with Crippen LogP contribution in [0.5, 0.6) is 5.75 Å². The first-order valence-corrected chi connectivity index (χ1v) is 9.44. The number of halogens is 2. The van der Waals surface area contributed by atoms with Gasteiger partial charge in [0.15, 0.2) is 6.10 Å². The smallest absolute Gasteiger partial charge is 0.347 e. The summed E-state index contributed by atoms with van der Waals surface area (Å²) in [6.45, 7) is 3.72. The largest absolute Gasteiger partial charge is 0.479 e. The number of aromatic nitrogens is 2. The van der Waals surface area contributed by atoms with E-state index in [0.29, 0.717) is 39.4 Å². The van der Waals surface area contributed by atoms with Crippen molar-refractivity contribution in [1.29, 1.82) is 0 Å². The van der Waals surface area contributed by atoms with Crippen LogP contribution in [0.1, 0.15) is 13.8 Å². The Hall–Kier alpha value is -2.57. The quantitative estimate of drug-likeness (QED) is 0.412. The second-order valence-corrected chi connectivity index (χ2v) is 6.84. The number of benzene rings is 2. The molecule has 0 radical (unpaired) electrons. The van der Waals surface area contributed by atoms with Crippen molar-refractivity contribution in [2.45, 2.75) is 20.0 Å². The van der Waals surface area contributed by atoms with Crippen molar-refractivity contribution in [3.8, 4) is 5.75 Å². The molecular weight excluding hydrogens is 401 g/mol. The maximum atomic E-state index is 11.7. The van der Waals surface area contributed by atoms with E-state index in [-0.39, 0.29) is 0 Å². The highest BCUT2D eigenvalue weighted by Crippen LogP contribution is 2.29. The number of rotatable bonds is 6. The molecule has 28 heavy (non-hydrogen) atoms. The average Bonchev–Trinajstić information content (AvgIpc) is 2.68. The number of nitrogens with zero attached hydrogens (tertiary/aromatic N) is 3. The maximum Gasteiger partial charge on any atom is 0.347 e. The molecule has 1 unspecified atom stereocenters. The van der Waals surface area contributed by atoms with Crippen LogP contribution in [-0.2, 0) is 9.53 Å². The van der Waals surface area contributed by atoms with Gasteiger partial charge < -0.3 is 14.4 Å². The van der Waals surface area contributed by atoms with E-state index in [1.54, 1.807) is 49.1 Å². The molecular formula is C20H19Cl2N3O3. The zero-order chi connectivity index (χ0) is 20.3. The molecule has 0 aliphatic carbocycles. The molecule has 0 saturated heterocycles. The Bertz CT molecular complexity index is 996. The van der Waals surface area contributed by atoms with Crippen LogP contribution in [0.3, 0.4) is 0 Å². The van der Waals surface area contributed by atoms with Gasteiger partial charge in [-0.1, -0.05) is 23.2 Å². The summed E-state index contributed by atoms with van der Waals surface area (Å²) in [7, 11) is 1.84. The third-order valence-electron chi connectivity index (χ3n) is 4.05. The number of esters is 1. The molecule has 1 atom stereocenters. The average molecular weight is 420 g/mol. The summed E-state index contributed by atoms with van der Waals surface area (Å²) in [6, 6.07) is 12.5. The van der Waals surface area contributed by atoms with E-state index in [9.17, 15) is 4.79 Å². The minimum Gasteiger partial charge on any atom is -0.479 e. The van der Waals surface area contributed by atoms with Gasteiger partial charge in [0, 0.05) is 23.1 Å². The van der Waals surface area contributed by atoms with E-state index in [1.807, 2.05) is 19.2 Å². The molecule has 1 aromatic heterocycles. The standard InChI is InChI=1S/C20H19Cl2N3O3/c1-4-27-19(26)12(2)28-15-8-6-14(7-9-15)25(3)20-23-17-10-5-13(21)11-16(17)18(22)24-20/h5-12H,4H2,1-3H3. The van der Waals surface area contributed by atoms with Gasteiger partial charge in [0.2, 0.25) is 5.95 Å². The number of fused-ring (bicyclic) bond motifs is 1. The lowest BCUT2D eigenvalue weighted by Crippen LogP contribution is -2.26. The summed E-state index contributed by atoms with van der Waals surface area (Å²) in [5.41, 5.74) is 1.54. The van der Waals surface area contributed by atoms with Gasteiger partial charge in [-0.25, -0.2) is 9.78 Å². The lowest BCUT2D eigenvalue weighted by molar-refractivity contribution is -0.150. The first kappa shape index (κ1) is 20.2. The molecule has 0 amide bonds. The van der Waals surface area contributed by atoms with Gasteiger partial charge >= 0.3 is 5.97 Å². The number of carbonyl (C=O) groups is 1. The fourth-order valence-corrected chi connectivity index (χ4v) is 2.98. The molecule has 6 nitrogen and oxygen atoms in total. The Balaban J connectivity index is 1.79. The fourth-order valence-electron chi connectivity index (χ4n) is 2.58. The van der Waals surface area contributed by atoms with Gasteiger partial charge in [-0.3, -0.25) is 0 Å². The number of hydrogen-bond donors (Lipinski definition) is 0. The predicted octanol–water partition coefficient (Wildman–Crippen LogP) is 5.03. The minimum atomic E-state index is -0.682. The highest BCUT2D eigenvalue weighted by atomic mass is 35.5. The molecule has 1 heterocycles. The summed E-state index contributed by atoms with van der Waals surface area (Å²) in [4.78, 5) is 22.4. The van der Waals surface area contributed by atoms with Crippen LogP contribution in [0.4, 0.5) is 11.6 Å². The summed E-state index contributed by atoms with van der Waals surface area (Å²) in [6.07, 6.45) is -0.682. The SMILES string of the molecule is CCOC(=O)C(C)Oc1ccc(N(C)c2nc(Cl)c3cc(Cl)ccc3n2)cc1. The molecule has 0 spiro atoms. The van der Waals surface area contributed by atoms with Crippen molar-refractivity contribution < 1.29 is 14.3 Å². The highest BCUT2D eigenvalue weighted by molar-refractivity contribution is 6.35. The Morgan fingerprint density at radius 1 is 1.14 bits per heavy atom. The first-order chi connectivity index (χ1) is 13.4. The van der Waals surface area contributed by atoms with Crippen molar-refractivity contribution >= 4 is 51.7 Å². The fraction of sp³-hybridized carbons (Fsp3) is 0.250. The third-order valence-corrected chi connectivity index (χ3v) is 4.58. The second-order valence-electron chi connectivity index (χ2n) is 6.04. The van der Waals surface area contributed by atoms with Crippen molar-refractivity contribution in [2.24, 2.45) is 0 Å². The van der Waals surface area contributed by atoms with E-state index in [4.69, 9.17) is 32.7 Å². The van der Waals surface area contributed by atoms with Crippen molar-refractivity contribution in [1.82, 2.24) is 9.97 Å². The Labute approximate surface area is 173 Å². The predicted molar refractivity (Wildman–Crippen MR) is 111 cm³/mol. The van der Waals surface area contributed by atoms with Crippen LogP contribution in [0.15, 0.2) is 42.5 Å². The Morgan fingerprint density at radius 3 is 2.54 bits per heavy atom. The second kappa shape index (κ2) is 8.63. The Kier molecular flexibility index (Phi) is 6.21. The molecule has 0 aliphatic rings. The normalized spacial score (nSPS) is 11.9. The van der Waals surface area contributed by atoms with E-state index in [0.717, 1.165) is 5.69 Å². The summed E-state index contributed by atoms with van der Waals surface area (Å²) in [5, 5.41) is 1.60. The topological polar surface area (TPSA) is 64.6 Å². The van der Waals surface area contributed by atoms with E-state index < -0.39 is 12.1 Å². The van der Waals surface area contributed by atoms with E-state index in [2.05, 4.69) is 9.97 Å². The van der Waals surface area contributed by atoms with Gasteiger partial charge in [0.25, 0.3) is 0 Å². The third kappa shape index (κ3) is 4.46. The van der Waals surface area contributed by atoms with E-state index >= 15 is 0 Å².